The van der Waals surface area contributed by atoms with Crippen LogP contribution in [-0.2, 0) is 0 Å². The first-order valence-corrected chi connectivity index (χ1v) is 7.65. The van der Waals surface area contributed by atoms with Crippen LogP contribution < -0.4 is 5.32 Å². The van der Waals surface area contributed by atoms with Crippen molar-refractivity contribution in [2.75, 3.05) is 6.54 Å². The molecule has 0 radical (unpaired) electrons. The van der Waals surface area contributed by atoms with E-state index in [2.05, 4.69) is 34.3 Å². The molecule has 18 heavy (non-hydrogen) atoms. The Bertz CT molecular complexity index is 379. The summed E-state index contributed by atoms with van der Waals surface area (Å²) in [5.41, 5.74) is 1.43. The summed E-state index contributed by atoms with van der Waals surface area (Å²) in [6, 6.07) is 1.25. The Kier molecular flexibility index (Phi) is 3.69. The van der Waals surface area contributed by atoms with E-state index >= 15 is 0 Å². The van der Waals surface area contributed by atoms with Crippen molar-refractivity contribution in [3.05, 3.63) is 18.2 Å². The largest absolute Gasteiger partial charge is 0.330 e. The van der Waals surface area contributed by atoms with E-state index in [0.717, 1.165) is 12.5 Å². The van der Waals surface area contributed by atoms with E-state index in [9.17, 15) is 0 Å². The van der Waals surface area contributed by atoms with E-state index in [0.29, 0.717) is 12.1 Å². The molecule has 2 aliphatic rings. The number of nitrogens with one attached hydrogen (secondary N) is 1. The lowest BCUT2D eigenvalue weighted by molar-refractivity contribution is 0.226. The molecule has 0 aromatic carbocycles. The van der Waals surface area contributed by atoms with Gasteiger partial charge in [-0.25, -0.2) is 4.98 Å². The van der Waals surface area contributed by atoms with E-state index in [-0.39, 0.29) is 0 Å². The highest BCUT2D eigenvalue weighted by molar-refractivity contribution is 5.09. The topological polar surface area (TPSA) is 29.9 Å². The van der Waals surface area contributed by atoms with Gasteiger partial charge in [-0.3, -0.25) is 0 Å². The summed E-state index contributed by atoms with van der Waals surface area (Å²) in [5.74, 6) is 0.855. The molecule has 1 saturated heterocycles. The van der Waals surface area contributed by atoms with Gasteiger partial charge in [0.2, 0.25) is 0 Å². The van der Waals surface area contributed by atoms with Gasteiger partial charge in [0.1, 0.15) is 0 Å². The maximum Gasteiger partial charge on any atom is 0.0951 e. The van der Waals surface area contributed by atoms with Crippen molar-refractivity contribution < 1.29 is 0 Å². The number of imidazole rings is 1. The van der Waals surface area contributed by atoms with Crippen LogP contribution in [-0.4, -0.2) is 16.1 Å². The van der Waals surface area contributed by atoms with Crippen LogP contribution in [0, 0.1) is 5.92 Å². The molecule has 2 fully saturated rings. The molecule has 1 N–H and O–H groups in total. The maximum atomic E-state index is 4.43. The Labute approximate surface area is 110 Å². The minimum Gasteiger partial charge on any atom is -0.330 e. The fourth-order valence-electron chi connectivity index (χ4n) is 3.83. The van der Waals surface area contributed by atoms with Crippen molar-refractivity contribution in [1.82, 2.24) is 14.9 Å². The normalized spacial score (nSPS) is 32.8. The van der Waals surface area contributed by atoms with Crippen molar-refractivity contribution in [2.24, 2.45) is 5.92 Å². The van der Waals surface area contributed by atoms with Gasteiger partial charge in [0.15, 0.2) is 0 Å². The van der Waals surface area contributed by atoms with Crippen molar-refractivity contribution in [2.45, 2.75) is 64.0 Å². The van der Waals surface area contributed by atoms with Gasteiger partial charge in [-0.05, 0) is 38.1 Å². The average molecular weight is 247 g/mol. The third kappa shape index (κ3) is 2.20. The van der Waals surface area contributed by atoms with Gasteiger partial charge in [0, 0.05) is 18.3 Å². The van der Waals surface area contributed by atoms with E-state index in [4.69, 9.17) is 0 Å². The van der Waals surface area contributed by atoms with Crippen LogP contribution in [0.2, 0.25) is 0 Å². The molecular weight excluding hydrogens is 222 g/mol. The zero-order valence-corrected chi connectivity index (χ0v) is 11.4. The van der Waals surface area contributed by atoms with Gasteiger partial charge in [-0.1, -0.05) is 26.2 Å². The quantitative estimate of drug-likeness (QED) is 0.886. The SMILES string of the molecule is CCC1CCCCC1n1cncc1[C@@H]1CCCN1. The van der Waals surface area contributed by atoms with E-state index < -0.39 is 0 Å². The third-order valence-corrected chi connectivity index (χ3v) is 4.86. The second-order valence-corrected chi connectivity index (χ2v) is 5.89. The van der Waals surface area contributed by atoms with Crippen LogP contribution in [0.1, 0.15) is 69.6 Å². The number of rotatable bonds is 3. The first kappa shape index (κ1) is 12.2. The van der Waals surface area contributed by atoms with Crippen LogP contribution in [0.3, 0.4) is 0 Å². The number of aromatic nitrogens is 2. The molecule has 3 nitrogen and oxygen atoms in total. The van der Waals surface area contributed by atoms with Gasteiger partial charge in [0.25, 0.3) is 0 Å². The Balaban J connectivity index is 1.84. The smallest absolute Gasteiger partial charge is 0.0951 e. The molecule has 3 heteroatoms. The number of nitrogens with zero attached hydrogens (tertiary/aromatic N) is 2. The summed E-state index contributed by atoms with van der Waals surface area (Å²) >= 11 is 0. The highest BCUT2D eigenvalue weighted by Crippen LogP contribution is 2.38. The molecule has 3 atom stereocenters. The molecule has 0 amide bonds. The summed E-state index contributed by atoms with van der Waals surface area (Å²) in [6.45, 7) is 3.51. The summed E-state index contributed by atoms with van der Waals surface area (Å²) in [5, 5.41) is 3.61. The molecule has 0 spiro atoms. The molecule has 1 saturated carbocycles. The number of hydrogen-bond donors (Lipinski definition) is 1. The minimum atomic E-state index is 0.548. The summed E-state index contributed by atoms with van der Waals surface area (Å²) in [6.07, 6.45) is 13.6. The fraction of sp³-hybridized carbons (Fsp3) is 0.800. The van der Waals surface area contributed by atoms with Gasteiger partial charge < -0.3 is 9.88 Å². The third-order valence-electron chi connectivity index (χ3n) is 4.86. The average Bonchev–Trinajstić information content (AvgIpc) is 3.09. The zero-order chi connectivity index (χ0) is 12.4. The Morgan fingerprint density at radius 2 is 2.17 bits per heavy atom. The highest BCUT2D eigenvalue weighted by atomic mass is 15.1. The molecular formula is C15H25N3. The van der Waals surface area contributed by atoms with Gasteiger partial charge in [-0.15, -0.1) is 0 Å². The molecule has 3 rings (SSSR count). The summed E-state index contributed by atoms with van der Waals surface area (Å²) in [7, 11) is 0. The molecule has 100 valence electrons. The van der Waals surface area contributed by atoms with Crippen LogP contribution in [0.4, 0.5) is 0 Å². The van der Waals surface area contributed by atoms with Crippen LogP contribution in [0.15, 0.2) is 12.5 Å². The monoisotopic (exact) mass is 247 g/mol. The summed E-state index contributed by atoms with van der Waals surface area (Å²) in [4.78, 5) is 4.43. The van der Waals surface area contributed by atoms with Crippen molar-refractivity contribution >= 4 is 0 Å². The predicted molar refractivity (Wildman–Crippen MR) is 73.5 cm³/mol. The highest BCUT2D eigenvalue weighted by Gasteiger charge is 2.29. The van der Waals surface area contributed by atoms with Crippen molar-refractivity contribution in [3.63, 3.8) is 0 Å². The van der Waals surface area contributed by atoms with E-state index in [1.807, 2.05) is 0 Å². The van der Waals surface area contributed by atoms with Crippen molar-refractivity contribution in [3.8, 4) is 0 Å². The molecule has 1 aromatic rings. The van der Waals surface area contributed by atoms with E-state index in [1.54, 1.807) is 0 Å². The second kappa shape index (κ2) is 5.43. The zero-order valence-electron chi connectivity index (χ0n) is 11.4. The first-order chi connectivity index (χ1) is 8.90. The Morgan fingerprint density at radius 3 is 2.94 bits per heavy atom. The van der Waals surface area contributed by atoms with Crippen LogP contribution in [0.5, 0.6) is 0 Å². The minimum absolute atomic E-state index is 0.548. The van der Waals surface area contributed by atoms with Crippen molar-refractivity contribution in [1.29, 1.82) is 0 Å². The lowest BCUT2D eigenvalue weighted by atomic mass is 9.82. The van der Waals surface area contributed by atoms with Gasteiger partial charge in [-0.2, -0.15) is 0 Å². The molecule has 0 bridgehead atoms. The Hall–Kier alpha value is -0.830. The standard InChI is InChI=1S/C15H25N3/c1-2-12-6-3-4-8-14(12)18-11-16-10-15(18)13-7-5-9-17-13/h10-14,17H,2-9H2,1H3/t12?,13-,14?/m0/s1. The van der Waals surface area contributed by atoms with E-state index in [1.165, 1.54) is 50.6 Å². The lowest BCUT2D eigenvalue weighted by Crippen LogP contribution is -2.26. The first-order valence-electron chi connectivity index (χ1n) is 7.65. The lowest BCUT2D eigenvalue weighted by Gasteiger charge is -2.33. The fourth-order valence-corrected chi connectivity index (χ4v) is 3.83. The predicted octanol–water partition coefficient (Wildman–Crippen LogP) is 3.45. The maximum absolute atomic E-state index is 4.43. The summed E-state index contributed by atoms with van der Waals surface area (Å²) < 4.78 is 2.50. The second-order valence-electron chi connectivity index (χ2n) is 5.89. The Morgan fingerprint density at radius 1 is 1.28 bits per heavy atom. The van der Waals surface area contributed by atoms with Gasteiger partial charge in [0.05, 0.1) is 12.0 Å². The van der Waals surface area contributed by atoms with Gasteiger partial charge >= 0.3 is 0 Å². The molecule has 1 aliphatic heterocycles. The molecule has 1 aliphatic carbocycles. The molecule has 2 heterocycles. The molecule has 2 unspecified atom stereocenters. The number of hydrogen-bond acceptors (Lipinski definition) is 2. The van der Waals surface area contributed by atoms with Crippen LogP contribution >= 0.6 is 0 Å². The molecule has 1 aromatic heterocycles. The van der Waals surface area contributed by atoms with Crippen LogP contribution in [0.25, 0.3) is 0 Å².